The van der Waals surface area contributed by atoms with Crippen LogP contribution in [-0.4, -0.2) is 47.7 Å². The smallest absolute Gasteiger partial charge is 0.234 e. The van der Waals surface area contributed by atoms with Crippen molar-refractivity contribution in [3.05, 3.63) is 0 Å². The van der Waals surface area contributed by atoms with Crippen LogP contribution in [0.3, 0.4) is 0 Å². The Labute approximate surface area is 104 Å². The Balaban J connectivity index is 2.22. The molecule has 0 bridgehead atoms. The van der Waals surface area contributed by atoms with Crippen molar-refractivity contribution in [1.29, 1.82) is 0 Å². The molecule has 1 saturated heterocycles. The van der Waals surface area contributed by atoms with Crippen LogP contribution in [0, 0.1) is 5.92 Å². The van der Waals surface area contributed by atoms with E-state index in [1.165, 1.54) is 0 Å². The first-order chi connectivity index (χ1) is 7.89. The number of likely N-dealkylation sites (tertiary alicyclic amines) is 1. The molecule has 0 aromatic rings. The van der Waals surface area contributed by atoms with Crippen molar-refractivity contribution in [2.24, 2.45) is 5.92 Å². The summed E-state index contributed by atoms with van der Waals surface area (Å²) in [6, 6.07) is 0. The standard InChI is InChI=1S/C13H26N2O2/c1-11(2)5-7-14-12(16)9-15-8-4-6-13(3,17)10-15/h11,17H,4-10H2,1-3H3,(H,14,16). The first-order valence-electron chi connectivity index (χ1n) is 6.60. The molecule has 100 valence electrons. The van der Waals surface area contributed by atoms with E-state index in [2.05, 4.69) is 19.2 Å². The number of rotatable bonds is 5. The van der Waals surface area contributed by atoms with Crippen LogP contribution in [0.25, 0.3) is 0 Å². The number of β-amino-alcohol motifs (C(OH)–C–C–N with tert-alkyl or cyclic N) is 1. The summed E-state index contributed by atoms with van der Waals surface area (Å²) in [6.07, 6.45) is 2.81. The minimum absolute atomic E-state index is 0.0725. The van der Waals surface area contributed by atoms with Gasteiger partial charge in [0.15, 0.2) is 0 Å². The molecule has 0 radical (unpaired) electrons. The lowest BCUT2D eigenvalue weighted by atomic mass is 9.95. The fourth-order valence-corrected chi connectivity index (χ4v) is 2.22. The highest BCUT2D eigenvalue weighted by Gasteiger charge is 2.28. The molecule has 0 spiro atoms. The molecule has 1 amide bonds. The first-order valence-corrected chi connectivity index (χ1v) is 6.60. The second-order valence-corrected chi connectivity index (χ2v) is 5.84. The van der Waals surface area contributed by atoms with Crippen LogP contribution >= 0.6 is 0 Å². The molecule has 4 nitrogen and oxygen atoms in total. The zero-order chi connectivity index (χ0) is 12.9. The van der Waals surface area contributed by atoms with Gasteiger partial charge in [-0.05, 0) is 38.6 Å². The minimum Gasteiger partial charge on any atom is -0.389 e. The van der Waals surface area contributed by atoms with Crippen LogP contribution in [-0.2, 0) is 4.79 Å². The van der Waals surface area contributed by atoms with Gasteiger partial charge in [0.2, 0.25) is 5.91 Å². The number of carbonyl (C=O) groups excluding carboxylic acids is 1. The summed E-state index contributed by atoms with van der Waals surface area (Å²) in [5, 5.41) is 12.9. The Morgan fingerprint density at radius 1 is 1.53 bits per heavy atom. The quantitative estimate of drug-likeness (QED) is 0.756. The third kappa shape index (κ3) is 6.03. The average molecular weight is 242 g/mol. The lowest BCUT2D eigenvalue weighted by Gasteiger charge is -2.36. The number of carbonyl (C=O) groups is 1. The lowest BCUT2D eigenvalue weighted by molar-refractivity contribution is -0.123. The van der Waals surface area contributed by atoms with Crippen molar-refractivity contribution >= 4 is 5.91 Å². The van der Waals surface area contributed by atoms with E-state index in [1.54, 1.807) is 0 Å². The van der Waals surface area contributed by atoms with Crippen LogP contribution in [0.4, 0.5) is 0 Å². The van der Waals surface area contributed by atoms with E-state index in [1.807, 2.05) is 11.8 Å². The number of aliphatic hydroxyl groups is 1. The van der Waals surface area contributed by atoms with Crippen LogP contribution in [0.5, 0.6) is 0 Å². The molecule has 17 heavy (non-hydrogen) atoms. The summed E-state index contributed by atoms with van der Waals surface area (Å²) in [5.41, 5.74) is -0.629. The van der Waals surface area contributed by atoms with E-state index in [4.69, 9.17) is 0 Å². The van der Waals surface area contributed by atoms with E-state index in [0.717, 1.165) is 32.4 Å². The third-order valence-electron chi connectivity index (χ3n) is 3.17. The summed E-state index contributed by atoms with van der Waals surface area (Å²) in [6.45, 7) is 8.81. The highest BCUT2D eigenvalue weighted by atomic mass is 16.3. The summed E-state index contributed by atoms with van der Waals surface area (Å²) < 4.78 is 0. The molecule has 1 aliphatic rings. The normalized spacial score (nSPS) is 26.2. The van der Waals surface area contributed by atoms with Gasteiger partial charge in [0.25, 0.3) is 0 Å². The van der Waals surface area contributed by atoms with Crippen LogP contribution in [0.15, 0.2) is 0 Å². The predicted octanol–water partition coefficient (Wildman–Crippen LogP) is 0.995. The molecule has 0 aromatic carbocycles. The van der Waals surface area contributed by atoms with Crippen molar-refractivity contribution in [2.75, 3.05) is 26.2 Å². The molecular weight excluding hydrogens is 216 g/mol. The summed E-state index contributed by atoms with van der Waals surface area (Å²) in [4.78, 5) is 13.7. The van der Waals surface area contributed by atoms with Crippen molar-refractivity contribution in [1.82, 2.24) is 10.2 Å². The van der Waals surface area contributed by atoms with E-state index in [9.17, 15) is 9.90 Å². The van der Waals surface area contributed by atoms with Crippen molar-refractivity contribution in [3.8, 4) is 0 Å². The maximum Gasteiger partial charge on any atom is 0.234 e. The van der Waals surface area contributed by atoms with Gasteiger partial charge in [0.05, 0.1) is 12.1 Å². The van der Waals surface area contributed by atoms with Crippen LogP contribution in [0.1, 0.15) is 40.0 Å². The SMILES string of the molecule is CC(C)CCNC(=O)CN1CCCC(C)(O)C1. The van der Waals surface area contributed by atoms with Crippen molar-refractivity contribution in [3.63, 3.8) is 0 Å². The Morgan fingerprint density at radius 2 is 2.24 bits per heavy atom. The lowest BCUT2D eigenvalue weighted by Crippen LogP contribution is -2.49. The van der Waals surface area contributed by atoms with Gasteiger partial charge in [-0.3, -0.25) is 9.69 Å². The molecule has 2 N–H and O–H groups in total. The van der Waals surface area contributed by atoms with E-state index < -0.39 is 5.60 Å². The number of hydrogen-bond donors (Lipinski definition) is 2. The number of amides is 1. The fraction of sp³-hybridized carbons (Fsp3) is 0.923. The van der Waals surface area contributed by atoms with Gasteiger partial charge in [0, 0.05) is 13.1 Å². The van der Waals surface area contributed by atoms with Crippen molar-refractivity contribution < 1.29 is 9.90 Å². The zero-order valence-electron chi connectivity index (χ0n) is 11.3. The second-order valence-electron chi connectivity index (χ2n) is 5.84. The molecule has 1 atom stereocenters. The van der Waals surface area contributed by atoms with E-state index >= 15 is 0 Å². The van der Waals surface area contributed by atoms with Crippen LogP contribution < -0.4 is 5.32 Å². The molecule has 1 fully saturated rings. The van der Waals surface area contributed by atoms with Gasteiger partial charge in [-0.2, -0.15) is 0 Å². The van der Waals surface area contributed by atoms with Gasteiger partial charge >= 0.3 is 0 Å². The number of nitrogens with zero attached hydrogens (tertiary/aromatic N) is 1. The molecular formula is C13H26N2O2. The van der Waals surface area contributed by atoms with Crippen LogP contribution in [0.2, 0.25) is 0 Å². The molecule has 4 heteroatoms. The fourth-order valence-electron chi connectivity index (χ4n) is 2.22. The van der Waals surface area contributed by atoms with Gasteiger partial charge < -0.3 is 10.4 Å². The maximum absolute atomic E-state index is 11.7. The average Bonchev–Trinajstić information content (AvgIpc) is 2.14. The second kappa shape index (κ2) is 6.36. The number of piperidine rings is 1. The molecule has 1 aliphatic heterocycles. The summed E-state index contributed by atoms with van der Waals surface area (Å²) >= 11 is 0. The van der Waals surface area contributed by atoms with E-state index in [-0.39, 0.29) is 5.91 Å². The maximum atomic E-state index is 11.7. The zero-order valence-corrected chi connectivity index (χ0v) is 11.3. The highest BCUT2D eigenvalue weighted by Crippen LogP contribution is 2.19. The molecule has 1 heterocycles. The largest absolute Gasteiger partial charge is 0.389 e. The molecule has 1 rings (SSSR count). The third-order valence-corrected chi connectivity index (χ3v) is 3.17. The molecule has 0 saturated carbocycles. The first kappa shape index (κ1) is 14.5. The Kier molecular flexibility index (Phi) is 5.40. The predicted molar refractivity (Wildman–Crippen MR) is 68.8 cm³/mol. The molecule has 0 aromatic heterocycles. The highest BCUT2D eigenvalue weighted by molar-refractivity contribution is 5.77. The van der Waals surface area contributed by atoms with E-state index in [0.29, 0.717) is 19.0 Å². The van der Waals surface area contributed by atoms with Gasteiger partial charge in [0.1, 0.15) is 0 Å². The van der Waals surface area contributed by atoms with Gasteiger partial charge in [-0.15, -0.1) is 0 Å². The summed E-state index contributed by atoms with van der Waals surface area (Å²) in [5.74, 6) is 0.689. The summed E-state index contributed by atoms with van der Waals surface area (Å²) in [7, 11) is 0. The Bertz CT molecular complexity index is 252. The van der Waals surface area contributed by atoms with Gasteiger partial charge in [-0.1, -0.05) is 13.8 Å². The number of nitrogens with one attached hydrogen (secondary N) is 1. The molecule has 0 aliphatic carbocycles. The Hall–Kier alpha value is -0.610. The van der Waals surface area contributed by atoms with Gasteiger partial charge in [-0.25, -0.2) is 0 Å². The van der Waals surface area contributed by atoms with Crippen molar-refractivity contribution in [2.45, 2.75) is 45.6 Å². The minimum atomic E-state index is -0.629. The number of hydrogen-bond acceptors (Lipinski definition) is 3. The monoisotopic (exact) mass is 242 g/mol. The Morgan fingerprint density at radius 3 is 2.82 bits per heavy atom. The topological polar surface area (TPSA) is 52.6 Å². The molecule has 1 unspecified atom stereocenters.